The van der Waals surface area contributed by atoms with E-state index in [-0.39, 0.29) is 63.7 Å². The van der Waals surface area contributed by atoms with E-state index in [1.807, 2.05) is 0 Å². The first-order valence-corrected chi connectivity index (χ1v) is 6.81. The van der Waals surface area contributed by atoms with E-state index in [4.69, 9.17) is 4.74 Å². The van der Waals surface area contributed by atoms with Gasteiger partial charge in [-0.1, -0.05) is 11.9 Å². The number of hydrogen-bond donors (Lipinski definition) is 0. The fourth-order valence-electron chi connectivity index (χ4n) is 2.37. The summed E-state index contributed by atoms with van der Waals surface area (Å²) in [6.45, 7) is -2.56. The summed E-state index contributed by atoms with van der Waals surface area (Å²) in [6.07, 6.45) is 3.44. The average molecular weight is 329 g/mol. The quantitative estimate of drug-likeness (QED) is 0.546. The summed E-state index contributed by atoms with van der Waals surface area (Å²) in [5.41, 5.74) is -0.997. The van der Waals surface area contributed by atoms with E-state index in [1.165, 1.54) is 6.42 Å². The minimum absolute atomic E-state index is 0. The van der Waals surface area contributed by atoms with Gasteiger partial charge in [0.1, 0.15) is 12.4 Å². The summed E-state index contributed by atoms with van der Waals surface area (Å²) < 4.78 is 56.6. The van der Waals surface area contributed by atoms with E-state index in [0.717, 1.165) is 38.1 Å². The Morgan fingerprint density at radius 3 is 2.38 bits per heavy atom. The van der Waals surface area contributed by atoms with Gasteiger partial charge in [0.2, 0.25) is 0 Å². The van der Waals surface area contributed by atoms with E-state index in [1.54, 1.807) is 0 Å². The van der Waals surface area contributed by atoms with Crippen LogP contribution in [0.4, 0.5) is 17.3 Å². The molecule has 112 valence electrons. The van der Waals surface area contributed by atoms with Crippen LogP contribution in [0.3, 0.4) is 0 Å². The monoisotopic (exact) mass is 329 g/mol. The van der Waals surface area contributed by atoms with Gasteiger partial charge < -0.3 is 17.7 Å². The number of piperidine rings is 1. The van der Waals surface area contributed by atoms with Gasteiger partial charge in [-0.2, -0.15) is 0 Å². The van der Waals surface area contributed by atoms with Crippen molar-refractivity contribution in [1.29, 1.82) is 0 Å². The van der Waals surface area contributed by atoms with E-state index in [2.05, 4.69) is 4.90 Å². The Bertz CT molecular complexity index is 452. The minimum Gasteiger partial charge on any atom is -0.495 e. The zero-order valence-corrected chi connectivity index (χ0v) is 15.2. The van der Waals surface area contributed by atoms with E-state index < -0.39 is 18.3 Å². The Balaban J connectivity index is 0.00000220. The van der Waals surface area contributed by atoms with Crippen LogP contribution in [0.25, 0.3) is 0 Å². The molecule has 2 nitrogen and oxygen atoms in total. The molecule has 1 heterocycles. The maximum absolute atomic E-state index is 12.9. The van der Waals surface area contributed by atoms with Crippen LogP contribution in [0.15, 0.2) is 18.2 Å². The summed E-state index contributed by atoms with van der Waals surface area (Å²) in [5, 5.41) is 0. The van der Waals surface area contributed by atoms with E-state index in [0.29, 0.717) is 12.6 Å². The normalized spacial score (nSPS) is 16.4. The SMILES string of the molecule is Fc1ccc(OCCN2CCCCC2)c([B-](F)(F)F)c1.[K+]. The smallest absolute Gasteiger partial charge is 0.495 e. The van der Waals surface area contributed by atoms with Crippen LogP contribution in [0.2, 0.25) is 0 Å². The molecule has 1 aromatic carbocycles. The van der Waals surface area contributed by atoms with Crippen LogP contribution in [0.1, 0.15) is 19.3 Å². The van der Waals surface area contributed by atoms with Gasteiger partial charge in [0.05, 0.1) is 5.75 Å². The van der Waals surface area contributed by atoms with E-state index in [9.17, 15) is 17.3 Å². The van der Waals surface area contributed by atoms with Crippen molar-refractivity contribution >= 4 is 12.4 Å². The molecule has 1 aliphatic rings. The molecule has 1 fully saturated rings. The molecule has 0 N–H and O–H groups in total. The summed E-state index contributed by atoms with van der Waals surface area (Å²) in [4.78, 5) is 2.17. The van der Waals surface area contributed by atoms with Crippen molar-refractivity contribution in [3.8, 4) is 5.75 Å². The van der Waals surface area contributed by atoms with Gasteiger partial charge in [0.25, 0.3) is 0 Å². The Labute approximate surface area is 164 Å². The molecular weight excluding hydrogens is 312 g/mol. The number of ether oxygens (including phenoxy) is 1. The summed E-state index contributed by atoms with van der Waals surface area (Å²) in [7, 11) is 0. The van der Waals surface area contributed by atoms with Crippen LogP contribution < -0.4 is 61.6 Å². The molecule has 0 aliphatic carbocycles. The minimum atomic E-state index is -5.27. The molecule has 0 spiro atoms. The standard InChI is InChI=1S/C13H17BF4NO.K/c15-11-4-5-13(12(10-11)14(16,17)18)20-9-8-19-6-2-1-3-7-19;/h4-5,10H,1-3,6-9H2;/q-1;+1. The van der Waals surface area contributed by atoms with Gasteiger partial charge >= 0.3 is 58.4 Å². The Morgan fingerprint density at radius 1 is 1.10 bits per heavy atom. The Morgan fingerprint density at radius 2 is 1.76 bits per heavy atom. The van der Waals surface area contributed by atoms with Gasteiger partial charge in [-0.05, 0) is 44.1 Å². The van der Waals surface area contributed by atoms with Gasteiger partial charge in [0, 0.05) is 6.54 Å². The van der Waals surface area contributed by atoms with Crippen LogP contribution in [0.5, 0.6) is 5.75 Å². The van der Waals surface area contributed by atoms with Gasteiger partial charge in [-0.15, -0.1) is 0 Å². The molecule has 0 radical (unpaired) electrons. The second kappa shape index (κ2) is 8.88. The second-order valence-electron chi connectivity index (χ2n) is 5.01. The van der Waals surface area contributed by atoms with Crippen molar-refractivity contribution in [1.82, 2.24) is 4.90 Å². The van der Waals surface area contributed by atoms with Crippen LogP contribution in [-0.2, 0) is 0 Å². The van der Waals surface area contributed by atoms with Crippen LogP contribution in [-0.4, -0.2) is 38.1 Å². The third-order valence-electron chi connectivity index (χ3n) is 3.44. The maximum atomic E-state index is 12.9. The van der Waals surface area contributed by atoms with Gasteiger partial charge in [0.15, 0.2) is 0 Å². The molecule has 21 heavy (non-hydrogen) atoms. The average Bonchev–Trinajstić information content (AvgIpc) is 2.40. The summed E-state index contributed by atoms with van der Waals surface area (Å²) in [5.74, 6) is -1.18. The van der Waals surface area contributed by atoms with Crippen molar-refractivity contribution in [2.24, 2.45) is 0 Å². The Hall–Kier alpha value is 0.401. The maximum Gasteiger partial charge on any atom is 1.00 e. The molecule has 1 aliphatic heterocycles. The topological polar surface area (TPSA) is 12.5 Å². The van der Waals surface area contributed by atoms with E-state index >= 15 is 0 Å². The van der Waals surface area contributed by atoms with Gasteiger partial charge in [-0.3, -0.25) is 4.90 Å². The predicted octanol–water partition coefficient (Wildman–Crippen LogP) is -0.251. The predicted molar refractivity (Wildman–Crippen MR) is 70.9 cm³/mol. The van der Waals surface area contributed by atoms with Crippen molar-refractivity contribution in [2.75, 3.05) is 26.2 Å². The summed E-state index contributed by atoms with van der Waals surface area (Å²) in [6, 6.07) is 2.54. The number of halogens is 4. The molecule has 0 atom stereocenters. The third kappa shape index (κ3) is 6.19. The zero-order chi connectivity index (χ0) is 14.6. The van der Waals surface area contributed by atoms with Crippen molar-refractivity contribution in [3.63, 3.8) is 0 Å². The zero-order valence-electron chi connectivity index (χ0n) is 12.1. The molecule has 1 aromatic rings. The number of rotatable bonds is 5. The summed E-state index contributed by atoms with van der Waals surface area (Å²) >= 11 is 0. The number of hydrogen-bond acceptors (Lipinski definition) is 2. The molecule has 0 aromatic heterocycles. The number of benzene rings is 1. The molecule has 0 saturated carbocycles. The number of nitrogens with zero attached hydrogens (tertiary/aromatic N) is 1. The fourth-order valence-corrected chi connectivity index (χ4v) is 2.37. The van der Waals surface area contributed by atoms with Crippen molar-refractivity contribution < 1.29 is 73.5 Å². The molecule has 0 bridgehead atoms. The molecule has 0 amide bonds. The second-order valence-corrected chi connectivity index (χ2v) is 5.01. The van der Waals surface area contributed by atoms with Gasteiger partial charge in [-0.25, -0.2) is 4.39 Å². The molecular formula is C13H17BF4KNO. The first kappa shape index (κ1) is 19.4. The van der Waals surface area contributed by atoms with Crippen LogP contribution >= 0.6 is 0 Å². The number of likely N-dealkylation sites (tertiary alicyclic amines) is 1. The molecule has 1 saturated heterocycles. The molecule has 8 heteroatoms. The molecule has 2 rings (SSSR count). The third-order valence-corrected chi connectivity index (χ3v) is 3.44. The molecule has 0 unspecified atom stereocenters. The van der Waals surface area contributed by atoms with Crippen molar-refractivity contribution in [3.05, 3.63) is 24.0 Å². The first-order chi connectivity index (χ1) is 9.47. The van der Waals surface area contributed by atoms with Crippen LogP contribution in [0, 0.1) is 5.82 Å². The largest absolute Gasteiger partial charge is 1.00 e. The Kier molecular flexibility index (Phi) is 8.23. The van der Waals surface area contributed by atoms with Crippen molar-refractivity contribution in [2.45, 2.75) is 19.3 Å². The fraction of sp³-hybridized carbons (Fsp3) is 0.538. The first-order valence-electron chi connectivity index (χ1n) is 6.81.